The van der Waals surface area contributed by atoms with Crippen molar-refractivity contribution in [3.8, 4) is 5.75 Å². The molecule has 0 aromatic heterocycles. The quantitative estimate of drug-likeness (QED) is 0.799. The fourth-order valence-corrected chi connectivity index (χ4v) is 3.32. The number of hydrogen-bond donors (Lipinski definition) is 2. The molecule has 8 heteroatoms. The molecule has 1 fully saturated rings. The maximum absolute atomic E-state index is 12.5. The first-order valence-corrected chi connectivity index (χ1v) is 8.97. The van der Waals surface area contributed by atoms with E-state index in [0.717, 1.165) is 11.6 Å². The van der Waals surface area contributed by atoms with Crippen LogP contribution in [0.25, 0.3) is 0 Å². The van der Waals surface area contributed by atoms with Crippen LogP contribution >= 0.6 is 0 Å². The van der Waals surface area contributed by atoms with Crippen LogP contribution in [0.1, 0.15) is 24.5 Å². The molecule has 5 nitrogen and oxygen atoms in total. The monoisotopic (exact) mass is 394 g/mol. The summed E-state index contributed by atoms with van der Waals surface area (Å²) in [5.41, 5.74) is 0.792. The van der Waals surface area contributed by atoms with Crippen LogP contribution in [-0.4, -0.2) is 35.5 Å². The zero-order valence-corrected chi connectivity index (χ0v) is 15.0. The molecular formula is C20H21F3N2O3. The van der Waals surface area contributed by atoms with E-state index in [4.69, 9.17) is 0 Å². The van der Waals surface area contributed by atoms with E-state index in [0.29, 0.717) is 25.9 Å². The van der Waals surface area contributed by atoms with Crippen molar-refractivity contribution in [1.29, 1.82) is 0 Å². The highest BCUT2D eigenvalue weighted by Crippen LogP contribution is 2.32. The van der Waals surface area contributed by atoms with Crippen LogP contribution in [0.4, 0.5) is 23.7 Å². The molecule has 1 heterocycles. The summed E-state index contributed by atoms with van der Waals surface area (Å²) in [4.78, 5) is 14.0. The van der Waals surface area contributed by atoms with E-state index >= 15 is 0 Å². The number of alkyl halides is 3. The van der Waals surface area contributed by atoms with Crippen molar-refractivity contribution < 1.29 is 27.8 Å². The Morgan fingerprint density at radius 1 is 1.07 bits per heavy atom. The summed E-state index contributed by atoms with van der Waals surface area (Å²) in [6.07, 6.45) is -4.24. The van der Waals surface area contributed by atoms with Gasteiger partial charge in [0.05, 0.1) is 11.8 Å². The van der Waals surface area contributed by atoms with Gasteiger partial charge in [0.25, 0.3) is 0 Å². The number of ether oxygens (including phenoxy) is 1. The van der Waals surface area contributed by atoms with Gasteiger partial charge in [0.2, 0.25) is 0 Å². The molecule has 1 atom stereocenters. The number of anilines is 1. The van der Waals surface area contributed by atoms with E-state index in [9.17, 15) is 23.1 Å². The molecule has 2 aromatic rings. The molecule has 1 aliphatic heterocycles. The zero-order valence-electron chi connectivity index (χ0n) is 15.0. The van der Waals surface area contributed by atoms with E-state index in [-0.39, 0.29) is 11.6 Å². The van der Waals surface area contributed by atoms with E-state index in [1.54, 1.807) is 0 Å². The van der Waals surface area contributed by atoms with Crippen molar-refractivity contribution in [3.05, 3.63) is 60.2 Å². The summed E-state index contributed by atoms with van der Waals surface area (Å²) in [6.45, 7) is 0.811. The molecule has 0 unspecified atom stereocenters. The van der Waals surface area contributed by atoms with Crippen LogP contribution in [0, 0.1) is 5.92 Å². The van der Waals surface area contributed by atoms with Gasteiger partial charge < -0.3 is 20.1 Å². The van der Waals surface area contributed by atoms with Gasteiger partial charge in [-0.15, -0.1) is 13.2 Å². The minimum absolute atomic E-state index is 0.0206. The van der Waals surface area contributed by atoms with E-state index < -0.39 is 24.2 Å². The fraction of sp³-hybridized carbons (Fsp3) is 0.350. The highest BCUT2D eigenvalue weighted by molar-refractivity contribution is 5.91. The second-order valence-corrected chi connectivity index (χ2v) is 6.65. The summed E-state index contributed by atoms with van der Waals surface area (Å²) in [5.74, 6) is -0.440. The molecule has 0 radical (unpaired) electrons. The molecule has 0 bridgehead atoms. The average molecular weight is 394 g/mol. The minimum atomic E-state index is -4.84. The van der Waals surface area contributed by atoms with Crippen LogP contribution in [0.2, 0.25) is 0 Å². The highest BCUT2D eigenvalue weighted by atomic mass is 19.4. The molecule has 3 rings (SSSR count). The van der Waals surface area contributed by atoms with E-state index in [2.05, 4.69) is 10.1 Å². The van der Waals surface area contributed by atoms with Crippen molar-refractivity contribution in [1.82, 2.24) is 4.90 Å². The lowest BCUT2D eigenvalue weighted by Gasteiger charge is -2.34. The lowest BCUT2D eigenvalue weighted by atomic mass is 9.87. The normalized spacial score (nSPS) is 16.5. The highest BCUT2D eigenvalue weighted by Gasteiger charge is 2.33. The summed E-state index contributed by atoms with van der Waals surface area (Å²) in [6, 6.07) is 14.2. The number of aliphatic hydroxyl groups is 1. The lowest BCUT2D eigenvalue weighted by Crippen LogP contribution is -2.42. The third kappa shape index (κ3) is 5.16. The van der Waals surface area contributed by atoms with Gasteiger partial charge >= 0.3 is 12.4 Å². The van der Waals surface area contributed by atoms with E-state index in [1.165, 1.54) is 23.1 Å². The number of benzene rings is 2. The molecular weight excluding hydrogens is 373 g/mol. The Hall–Kier alpha value is -2.74. The van der Waals surface area contributed by atoms with Gasteiger partial charge in [0, 0.05) is 13.1 Å². The predicted molar refractivity (Wildman–Crippen MR) is 97.8 cm³/mol. The maximum Gasteiger partial charge on any atom is 0.573 e. The summed E-state index contributed by atoms with van der Waals surface area (Å²) in [5, 5.41) is 13.0. The number of nitrogens with zero attached hydrogens (tertiary/aromatic N) is 1. The minimum Gasteiger partial charge on any atom is -0.404 e. The summed E-state index contributed by atoms with van der Waals surface area (Å²) < 4.78 is 41.5. The van der Waals surface area contributed by atoms with Gasteiger partial charge in [-0.25, -0.2) is 4.79 Å². The van der Waals surface area contributed by atoms with Gasteiger partial charge in [-0.1, -0.05) is 42.5 Å². The van der Waals surface area contributed by atoms with Crippen LogP contribution in [0.3, 0.4) is 0 Å². The van der Waals surface area contributed by atoms with Gasteiger partial charge in [-0.05, 0) is 36.5 Å². The molecule has 1 saturated heterocycles. The number of piperidine rings is 1. The van der Waals surface area contributed by atoms with Gasteiger partial charge in [0.15, 0.2) is 5.75 Å². The number of para-hydroxylation sites is 2. The van der Waals surface area contributed by atoms with Crippen molar-refractivity contribution in [2.24, 2.45) is 5.92 Å². The molecule has 0 saturated carbocycles. The summed E-state index contributed by atoms with van der Waals surface area (Å²) in [7, 11) is 0. The number of aliphatic hydroxyl groups excluding tert-OH is 1. The van der Waals surface area contributed by atoms with Gasteiger partial charge in [-0.3, -0.25) is 0 Å². The molecule has 0 aliphatic carbocycles. The number of carbonyl (C=O) groups is 1. The smallest absolute Gasteiger partial charge is 0.404 e. The Morgan fingerprint density at radius 2 is 1.68 bits per heavy atom. The van der Waals surface area contributed by atoms with Gasteiger partial charge in [0.1, 0.15) is 0 Å². The zero-order chi connectivity index (χ0) is 20.1. The molecule has 1 aliphatic rings. The number of hydrogen-bond acceptors (Lipinski definition) is 3. The standard InChI is InChI=1S/C20H21F3N2O3/c21-20(22,23)28-17-9-5-4-8-16(17)24-19(27)25-12-10-15(11-13-25)18(26)14-6-2-1-3-7-14/h1-9,15,18,26H,10-13H2,(H,24,27)/t18-/m0/s1. The Morgan fingerprint density at radius 3 is 2.32 bits per heavy atom. The first-order valence-electron chi connectivity index (χ1n) is 8.97. The Labute approximate surface area is 160 Å². The fourth-order valence-electron chi connectivity index (χ4n) is 3.32. The third-order valence-corrected chi connectivity index (χ3v) is 4.77. The maximum atomic E-state index is 12.5. The Kier molecular flexibility index (Phi) is 6.08. The predicted octanol–water partition coefficient (Wildman–Crippen LogP) is 4.56. The first kappa shape index (κ1) is 20.0. The number of likely N-dealkylation sites (tertiary alicyclic amines) is 1. The van der Waals surface area contributed by atoms with Crippen LogP contribution < -0.4 is 10.1 Å². The number of nitrogens with one attached hydrogen (secondary N) is 1. The Balaban J connectivity index is 1.58. The topological polar surface area (TPSA) is 61.8 Å². The molecule has 28 heavy (non-hydrogen) atoms. The van der Waals surface area contributed by atoms with Gasteiger partial charge in [-0.2, -0.15) is 0 Å². The summed E-state index contributed by atoms with van der Waals surface area (Å²) >= 11 is 0. The number of amides is 2. The average Bonchev–Trinajstić information content (AvgIpc) is 2.68. The van der Waals surface area contributed by atoms with Crippen LogP contribution in [0.15, 0.2) is 54.6 Å². The van der Waals surface area contributed by atoms with Crippen molar-refractivity contribution >= 4 is 11.7 Å². The van der Waals surface area contributed by atoms with E-state index in [1.807, 2.05) is 30.3 Å². The number of rotatable bonds is 4. The van der Waals surface area contributed by atoms with Crippen molar-refractivity contribution in [3.63, 3.8) is 0 Å². The third-order valence-electron chi connectivity index (χ3n) is 4.77. The SMILES string of the molecule is O=C(Nc1ccccc1OC(F)(F)F)N1CCC([C@@H](O)c2ccccc2)CC1. The number of halogens is 3. The van der Waals surface area contributed by atoms with Crippen LogP contribution in [0.5, 0.6) is 5.75 Å². The number of carbonyl (C=O) groups excluding carboxylic acids is 1. The van der Waals surface area contributed by atoms with Crippen molar-refractivity contribution in [2.75, 3.05) is 18.4 Å². The molecule has 2 N–H and O–H groups in total. The van der Waals surface area contributed by atoms with Crippen LogP contribution in [-0.2, 0) is 0 Å². The molecule has 2 aromatic carbocycles. The molecule has 2 amide bonds. The number of urea groups is 1. The van der Waals surface area contributed by atoms with Crippen molar-refractivity contribution in [2.45, 2.75) is 25.3 Å². The molecule has 0 spiro atoms. The first-order chi connectivity index (χ1) is 13.3. The largest absolute Gasteiger partial charge is 0.573 e. The lowest BCUT2D eigenvalue weighted by molar-refractivity contribution is -0.274. The Bertz CT molecular complexity index is 791. The molecule has 150 valence electrons. The second kappa shape index (κ2) is 8.52. The second-order valence-electron chi connectivity index (χ2n) is 6.65.